The van der Waals surface area contributed by atoms with E-state index in [9.17, 15) is 5.11 Å². The largest absolute Gasteiger partial charge is 0.236 e. The molecule has 0 fully saturated rings. The van der Waals surface area contributed by atoms with Crippen LogP contribution in [0, 0.1) is 0 Å². The molecule has 0 heterocycles. The fourth-order valence-electron chi connectivity index (χ4n) is 1.35. The van der Waals surface area contributed by atoms with E-state index in [0.29, 0.717) is 6.42 Å². The second-order valence-electron chi connectivity index (χ2n) is 3.52. The molecule has 13 heavy (non-hydrogen) atoms. The predicted octanol–water partition coefficient (Wildman–Crippen LogP) is 4.11. The van der Waals surface area contributed by atoms with E-state index in [1.54, 1.807) is 0 Å². The van der Waals surface area contributed by atoms with Crippen molar-refractivity contribution >= 4 is 0 Å². The lowest BCUT2D eigenvalue weighted by molar-refractivity contribution is 0.199. The van der Waals surface area contributed by atoms with Gasteiger partial charge in [0.2, 0.25) is 0 Å². The van der Waals surface area contributed by atoms with Crippen molar-refractivity contribution in [3.05, 3.63) is 12.2 Å². The number of unbranched alkanes of at least 4 members (excludes halogenated alkanes) is 6. The minimum atomic E-state index is 0.0347. The molecule has 0 N–H and O–H groups in total. The number of allylic oxidation sites excluding steroid dienone is 1. The lowest BCUT2D eigenvalue weighted by Crippen LogP contribution is -1.78. The van der Waals surface area contributed by atoms with Gasteiger partial charge in [-0.05, 0) is 19.3 Å². The molecule has 77 valence electrons. The van der Waals surface area contributed by atoms with Crippen LogP contribution >= 0.6 is 0 Å². The van der Waals surface area contributed by atoms with E-state index in [1.807, 2.05) is 6.08 Å². The van der Waals surface area contributed by atoms with Gasteiger partial charge in [-0.1, -0.05) is 51.2 Å². The molecular weight excluding hydrogens is 160 g/mol. The van der Waals surface area contributed by atoms with Gasteiger partial charge in [0.05, 0.1) is 6.61 Å². The second-order valence-corrected chi connectivity index (χ2v) is 3.52. The van der Waals surface area contributed by atoms with Gasteiger partial charge in [-0.15, -0.1) is 0 Å². The molecule has 0 aliphatic rings. The van der Waals surface area contributed by atoms with Crippen LogP contribution in [0.2, 0.25) is 0 Å². The van der Waals surface area contributed by atoms with Crippen molar-refractivity contribution in [1.29, 1.82) is 0 Å². The number of hydrogen-bond acceptors (Lipinski definition) is 0. The van der Waals surface area contributed by atoms with Crippen LogP contribution in [0.25, 0.3) is 0 Å². The van der Waals surface area contributed by atoms with Crippen molar-refractivity contribution < 1.29 is 5.11 Å². The normalized spacial score (nSPS) is 11.2. The quantitative estimate of drug-likeness (QED) is 0.378. The maximum Gasteiger partial charge on any atom is 0.0856 e. The summed E-state index contributed by atoms with van der Waals surface area (Å²) in [5.74, 6) is 0. The van der Waals surface area contributed by atoms with Gasteiger partial charge in [-0.3, -0.25) is 0 Å². The summed E-state index contributed by atoms with van der Waals surface area (Å²) in [7, 11) is 0. The second kappa shape index (κ2) is 11.7. The van der Waals surface area contributed by atoms with Crippen molar-refractivity contribution in [2.45, 2.75) is 58.3 Å². The van der Waals surface area contributed by atoms with E-state index < -0.39 is 0 Å². The molecule has 0 bridgehead atoms. The Balaban J connectivity index is 2.91. The van der Waals surface area contributed by atoms with Crippen molar-refractivity contribution in [2.75, 3.05) is 6.61 Å². The molecule has 0 atom stereocenters. The molecule has 1 radical (unpaired) electrons. The summed E-state index contributed by atoms with van der Waals surface area (Å²) in [4.78, 5) is 0. The summed E-state index contributed by atoms with van der Waals surface area (Å²) in [5.41, 5.74) is 0. The molecule has 0 unspecified atom stereocenters. The molecule has 0 aromatic carbocycles. The van der Waals surface area contributed by atoms with Crippen molar-refractivity contribution in [2.24, 2.45) is 0 Å². The standard InChI is InChI=1S/C12H23O/c1-2-3-4-5-6-7-8-9-10-11-12-13/h9-10H,2-8,11-12H2,1H3. The van der Waals surface area contributed by atoms with E-state index >= 15 is 0 Å². The Morgan fingerprint density at radius 3 is 2.15 bits per heavy atom. The molecule has 0 spiro atoms. The van der Waals surface area contributed by atoms with E-state index in [2.05, 4.69) is 13.0 Å². The Bertz CT molecular complexity index is 108. The summed E-state index contributed by atoms with van der Waals surface area (Å²) in [6.45, 7) is 2.28. The first-order chi connectivity index (χ1) is 6.41. The zero-order valence-electron chi connectivity index (χ0n) is 8.93. The fourth-order valence-corrected chi connectivity index (χ4v) is 1.35. The Morgan fingerprint density at radius 2 is 1.46 bits per heavy atom. The molecule has 1 nitrogen and oxygen atoms in total. The van der Waals surface area contributed by atoms with Crippen LogP contribution in [-0.4, -0.2) is 6.61 Å². The van der Waals surface area contributed by atoms with Gasteiger partial charge in [-0.2, -0.15) is 0 Å². The third-order valence-electron chi connectivity index (χ3n) is 2.18. The van der Waals surface area contributed by atoms with Gasteiger partial charge < -0.3 is 0 Å². The van der Waals surface area contributed by atoms with Crippen LogP contribution < -0.4 is 0 Å². The van der Waals surface area contributed by atoms with E-state index in [4.69, 9.17) is 0 Å². The monoisotopic (exact) mass is 183 g/mol. The molecule has 0 amide bonds. The maximum absolute atomic E-state index is 10.1. The summed E-state index contributed by atoms with van der Waals surface area (Å²) in [6, 6.07) is 0. The third kappa shape index (κ3) is 11.7. The lowest BCUT2D eigenvalue weighted by Gasteiger charge is -1.97. The Morgan fingerprint density at radius 1 is 0.846 bits per heavy atom. The molecule has 0 rings (SSSR count). The molecule has 0 saturated carbocycles. The van der Waals surface area contributed by atoms with Crippen LogP contribution in [0.4, 0.5) is 0 Å². The first kappa shape index (κ1) is 12.7. The van der Waals surface area contributed by atoms with Crippen molar-refractivity contribution in [1.82, 2.24) is 0 Å². The van der Waals surface area contributed by atoms with E-state index in [1.165, 1.54) is 38.5 Å². The Hall–Kier alpha value is -0.300. The summed E-state index contributed by atoms with van der Waals surface area (Å²) in [6.07, 6.45) is 14.1. The summed E-state index contributed by atoms with van der Waals surface area (Å²) in [5, 5.41) is 10.1. The van der Waals surface area contributed by atoms with E-state index in [-0.39, 0.29) is 6.61 Å². The minimum absolute atomic E-state index is 0.0347. The number of rotatable bonds is 9. The Kier molecular flexibility index (Phi) is 11.4. The highest BCUT2D eigenvalue weighted by Crippen LogP contribution is 2.07. The van der Waals surface area contributed by atoms with Crippen LogP contribution in [0.15, 0.2) is 12.2 Å². The van der Waals surface area contributed by atoms with Crippen LogP contribution in [0.1, 0.15) is 58.3 Å². The summed E-state index contributed by atoms with van der Waals surface area (Å²) < 4.78 is 0. The first-order valence-electron chi connectivity index (χ1n) is 5.65. The average Bonchev–Trinajstić information content (AvgIpc) is 2.16. The first-order valence-corrected chi connectivity index (χ1v) is 5.65. The molecular formula is C12H23O. The van der Waals surface area contributed by atoms with Gasteiger partial charge in [-0.25, -0.2) is 5.11 Å². The molecule has 0 saturated heterocycles. The molecule has 0 aromatic heterocycles. The molecule has 1 heteroatoms. The molecule has 0 aromatic rings. The van der Waals surface area contributed by atoms with Crippen LogP contribution in [0.5, 0.6) is 0 Å². The average molecular weight is 183 g/mol. The predicted molar refractivity (Wildman–Crippen MR) is 57.3 cm³/mol. The van der Waals surface area contributed by atoms with Gasteiger partial charge >= 0.3 is 0 Å². The fraction of sp³-hybridized carbons (Fsp3) is 0.833. The van der Waals surface area contributed by atoms with Gasteiger partial charge in [0.25, 0.3) is 0 Å². The highest BCUT2D eigenvalue weighted by Gasteiger charge is 1.87. The SMILES string of the molecule is CCCCCCCCC=CCC[O]. The van der Waals surface area contributed by atoms with E-state index in [0.717, 1.165) is 6.42 Å². The van der Waals surface area contributed by atoms with Gasteiger partial charge in [0.1, 0.15) is 0 Å². The zero-order chi connectivity index (χ0) is 9.78. The lowest BCUT2D eigenvalue weighted by atomic mass is 10.1. The maximum atomic E-state index is 10.1. The zero-order valence-corrected chi connectivity index (χ0v) is 8.93. The third-order valence-corrected chi connectivity index (χ3v) is 2.18. The highest BCUT2D eigenvalue weighted by atomic mass is 16.2. The Labute approximate surface area is 82.9 Å². The van der Waals surface area contributed by atoms with Gasteiger partial charge in [0.15, 0.2) is 0 Å². The molecule has 0 aliphatic carbocycles. The number of hydrogen-bond donors (Lipinski definition) is 0. The van der Waals surface area contributed by atoms with Crippen molar-refractivity contribution in [3.63, 3.8) is 0 Å². The smallest absolute Gasteiger partial charge is 0.0856 e. The van der Waals surface area contributed by atoms with Crippen LogP contribution in [0.3, 0.4) is 0 Å². The highest BCUT2D eigenvalue weighted by molar-refractivity contribution is 4.80. The minimum Gasteiger partial charge on any atom is -0.236 e. The van der Waals surface area contributed by atoms with Gasteiger partial charge in [0, 0.05) is 0 Å². The van der Waals surface area contributed by atoms with Crippen molar-refractivity contribution in [3.8, 4) is 0 Å². The van der Waals surface area contributed by atoms with Crippen LogP contribution in [-0.2, 0) is 5.11 Å². The topological polar surface area (TPSA) is 19.9 Å². The summed E-state index contributed by atoms with van der Waals surface area (Å²) >= 11 is 0. The molecule has 0 aliphatic heterocycles.